The number of methoxy groups -OCH3 is 2. The van der Waals surface area contributed by atoms with Crippen LogP contribution in [0.1, 0.15) is 35.6 Å². The standard InChI is InChI=1S/C30H33F3N6O3/c1-4-6-22-10-11-23(15-25(22)29(31,32)33)39-28(40)24-7-5-14-36-30(24,37-18-20-8-12-26(41-2)34-16-20)38-19-21-9-13-27(42-3)35-17-21/h5,7-17,36-38H,4,6,18-19H2,1-3H3,(H,39,40). The molecule has 0 spiro atoms. The summed E-state index contributed by atoms with van der Waals surface area (Å²) < 4.78 is 51.6. The van der Waals surface area contributed by atoms with Crippen molar-refractivity contribution in [3.8, 4) is 11.8 Å². The molecule has 3 aromatic rings. The van der Waals surface area contributed by atoms with Crippen LogP contribution in [0.25, 0.3) is 0 Å². The first kappa shape index (κ1) is 30.5. The first-order valence-electron chi connectivity index (χ1n) is 13.3. The summed E-state index contributed by atoms with van der Waals surface area (Å²) in [4.78, 5) is 22.1. The minimum Gasteiger partial charge on any atom is -0.481 e. The van der Waals surface area contributed by atoms with Crippen LogP contribution in [0.3, 0.4) is 0 Å². The van der Waals surface area contributed by atoms with Gasteiger partial charge in [-0.05, 0) is 53.6 Å². The van der Waals surface area contributed by atoms with Crippen molar-refractivity contribution in [3.63, 3.8) is 0 Å². The lowest BCUT2D eigenvalue weighted by atomic mass is 10.0. The number of aryl methyl sites for hydroxylation is 1. The first-order chi connectivity index (χ1) is 20.2. The Hall–Kier alpha value is -4.42. The van der Waals surface area contributed by atoms with Crippen LogP contribution < -0.4 is 30.7 Å². The molecule has 42 heavy (non-hydrogen) atoms. The maximum atomic E-state index is 13.8. The molecule has 1 amide bonds. The van der Waals surface area contributed by atoms with E-state index in [9.17, 15) is 18.0 Å². The summed E-state index contributed by atoms with van der Waals surface area (Å²) in [6.07, 6.45) is 4.48. The van der Waals surface area contributed by atoms with Crippen molar-refractivity contribution in [2.24, 2.45) is 0 Å². The zero-order valence-electron chi connectivity index (χ0n) is 23.5. The maximum Gasteiger partial charge on any atom is 0.416 e. The minimum atomic E-state index is -4.55. The van der Waals surface area contributed by atoms with Crippen molar-refractivity contribution in [1.29, 1.82) is 0 Å². The molecule has 0 fully saturated rings. The second-order valence-corrected chi connectivity index (χ2v) is 9.53. The summed E-state index contributed by atoms with van der Waals surface area (Å²) in [6, 6.07) is 11.0. The molecule has 9 nitrogen and oxygen atoms in total. The number of anilines is 1. The van der Waals surface area contributed by atoms with Crippen molar-refractivity contribution >= 4 is 11.6 Å². The Morgan fingerprint density at radius 3 is 2.07 bits per heavy atom. The molecule has 1 aromatic carbocycles. The number of halogens is 3. The fourth-order valence-electron chi connectivity index (χ4n) is 4.47. The molecule has 3 heterocycles. The number of nitrogens with zero attached hydrogens (tertiary/aromatic N) is 2. The van der Waals surface area contributed by atoms with Crippen molar-refractivity contribution in [2.45, 2.75) is 44.8 Å². The molecule has 0 atom stereocenters. The summed E-state index contributed by atoms with van der Waals surface area (Å²) >= 11 is 0. The molecule has 0 aliphatic carbocycles. The highest BCUT2D eigenvalue weighted by Gasteiger charge is 2.39. The molecule has 2 aromatic heterocycles. The third-order valence-electron chi connectivity index (χ3n) is 6.63. The SMILES string of the molecule is CCCc1ccc(NC(=O)C2=CC=CNC2(NCc2ccc(OC)nc2)NCc2ccc(OC)nc2)cc1C(F)(F)F. The fraction of sp³-hybridized carbons (Fsp3) is 0.300. The molecular formula is C30H33F3N6O3. The van der Waals surface area contributed by atoms with Crippen LogP contribution in [0.5, 0.6) is 11.8 Å². The molecule has 0 bridgehead atoms. The molecule has 0 saturated heterocycles. The van der Waals surface area contributed by atoms with Crippen LogP contribution in [0.4, 0.5) is 18.9 Å². The Kier molecular flexibility index (Phi) is 9.81. The highest BCUT2D eigenvalue weighted by atomic mass is 19.4. The van der Waals surface area contributed by atoms with Gasteiger partial charge < -0.3 is 20.1 Å². The van der Waals surface area contributed by atoms with Crippen molar-refractivity contribution in [3.05, 3.63) is 101 Å². The topological polar surface area (TPSA) is 109 Å². The second kappa shape index (κ2) is 13.5. The zero-order chi connectivity index (χ0) is 30.2. The van der Waals surface area contributed by atoms with E-state index >= 15 is 0 Å². The highest BCUT2D eigenvalue weighted by Crippen LogP contribution is 2.34. The number of nitrogens with one attached hydrogen (secondary N) is 4. The van der Waals surface area contributed by atoms with Gasteiger partial charge >= 0.3 is 6.18 Å². The van der Waals surface area contributed by atoms with Crippen LogP contribution in [-0.2, 0) is 30.5 Å². The summed E-state index contributed by atoms with van der Waals surface area (Å²) in [7, 11) is 3.05. The lowest BCUT2D eigenvalue weighted by molar-refractivity contribution is -0.138. The number of carbonyl (C=O) groups excluding carboxylic acids is 1. The number of benzene rings is 1. The van der Waals surface area contributed by atoms with Gasteiger partial charge in [0, 0.05) is 43.3 Å². The minimum absolute atomic E-state index is 0.0373. The highest BCUT2D eigenvalue weighted by molar-refractivity contribution is 6.05. The number of amides is 1. The number of rotatable bonds is 12. The number of pyridine rings is 2. The van der Waals surface area contributed by atoms with E-state index < -0.39 is 23.4 Å². The van der Waals surface area contributed by atoms with Crippen LogP contribution in [0.15, 0.2) is 78.8 Å². The second-order valence-electron chi connectivity index (χ2n) is 9.53. The van der Waals surface area contributed by atoms with Crippen LogP contribution >= 0.6 is 0 Å². The molecule has 0 unspecified atom stereocenters. The Balaban J connectivity index is 1.62. The zero-order valence-corrected chi connectivity index (χ0v) is 23.5. The summed E-state index contributed by atoms with van der Waals surface area (Å²) in [5.74, 6) is -0.988. The number of carbonyl (C=O) groups is 1. The number of allylic oxidation sites excluding steroid dienone is 2. The van der Waals surface area contributed by atoms with E-state index in [4.69, 9.17) is 9.47 Å². The number of dihydropyridines is 1. The van der Waals surface area contributed by atoms with Gasteiger partial charge in [0.25, 0.3) is 5.91 Å². The van der Waals surface area contributed by atoms with E-state index in [0.29, 0.717) is 18.2 Å². The predicted octanol–water partition coefficient (Wildman–Crippen LogP) is 4.68. The summed E-state index contributed by atoms with van der Waals surface area (Å²) in [5.41, 5.74) is 1.28. The van der Waals surface area contributed by atoms with E-state index in [1.807, 2.05) is 19.1 Å². The molecule has 4 N–H and O–H groups in total. The molecule has 12 heteroatoms. The quantitative estimate of drug-likeness (QED) is 0.228. The van der Waals surface area contributed by atoms with Crippen molar-refractivity contribution in [1.82, 2.24) is 25.9 Å². The van der Waals surface area contributed by atoms with Gasteiger partial charge in [0.1, 0.15) is 0 Å². The fourth-order valence-corrected chi connectivity index (χ4v) is 4.47. The van der Waals surface area contributed by atoms with Gasteiger partial charge in [0.15, 0.2) is 5.79 Å². The third-order valence-corrected chi connectivity index (χ3v) is 6.63. The summed E-state index contributed by atoms with van der Waals surface area (Å²) in [6.45, 7) is 2.37. The number of hydrogen-bond donors (Lipinski definition) is 4. The van der Waals surface area contributed by atoms with Gasteiger partial charge in [0.2, 0.25) is 11.8 Å². The molecule has 4 rings (SSSR count). The first-order valence-corrected chi connectivity index (χ1v) is 13.3. The lowest BCUT2D eigenvalue weighted by Crippen LogP contribution is -2.67. The van der Waals surface area contributed by atoms with Gasteiger partial charge in [-0.1, -0.05) is 31.5 Å². The third kappa shape index (κ3) is 7.45. The van der Waals surface area contributed by atoms with Gasteiger partial charge in [-0.15, -0.1) is 0 Å². The van der Waals surface area contributed by atoms with E-state index in [1.54, 1.807) is 42.9 Å². The smallest absolute Gasteiger partial charge is 0.416 e. The Morgan fingerprint density at radius 1 is 0.952 bits per heavy atom. The molecule has 1 aliphatic heterocycles. The van der Waals surface area contributed by atoms with Crippen LogP contribution in [0, 0.1) is 0 Å². The van der Waals surface area contributed by atoms with Gasteiger partial charge in [-0.25, -0.2) is 9.97 Å². The van der Waals surface area contributed by atoms with E-state index in [1.165, 1.54) is 26.4 Å². The predicted molar refractivity (Wildman–Crippen MR) is 152 cm³/mol. The Bertz CT molecular complexity index is 1370. The number of ether oxygens (including phenoxy) is 2. The average Bonchev–Trinajstić information content (AvgIpc) is 3.00. The van der Waals surface area contributed by atoms with E-state index in [-0.39, 0.29) is 36.3 Å². The van der Waals surface area contributed by atoms with E-state index in [0.717, 1.165) is 17.2 Å². The van der Waals surface area contributed by atoms with E-state index in [2.05, 4.69) is 31.2 Å². The average molecular weight is 583 g/mol. The molecular weight excluding hydrogens is 549 g/mol. The van der Waals surface area contributed by atoms with Gasteiger partial charge in [-0.3, -0.25) is 15.4 Å². The number of hydrogen-bond acceptors (Lipinski definition) is 8. The van der Waals surface area contributed by atoms with Crippen LogP contribution in [0.2, 0.25) is 0 Å². The largest absolute Gasteiger partial charge is 0.481 e. The normalized spacial score (nSPS) is 14.1. The van der Waals surface area contributed by atoms with Crippen molar-refractivity contribution < 1.29 is 27.4 Å². The van der Waals surface area contributed by atoms with Crippen LogP contribution in [-0.4, -0.2) is 35.9 Å². The maximum absolute atomic E-state index is 13.8. The molecule has 1 aliphatic rings. The molecule has 0 saturated carbocycles. The van der Waals surface area contributed by atoms with Crippen molar-refractivity contribution in [2.75, 3.05) is 19.5 Å². The summed E-state index contributed by atoms with van der Waals surface area (Å²) in [5, 5.41) is 12.6. The molecule has 222 valence electrons. The lowest BCUT2D eigenvalue weighted by Gasteiger charge is -2.39. The monoisotopic (exact) mass is 582 g/mol. The number of alkyl halides is 3. The van der Waals surface area contributed by atoms with Gasteiger partial charge in [-0.2, -0.15) is 13.2 Å². The Morgan fingerprint density at radius 2 is 1.57 bits per heavy atom. The van der Waals surface area contributed by atoms with Gasteiger partial charge in [0.05, 0.1) is 25.4 Å². The molecule has 0 radical (unpaired) electrons. The number of aromatic nitrogens is 2. The Labute approximate surface area is 242 Å².